The Morgan fingerprint density at radius 1 is 1.28 bits per heavy atom. The SMILES string of the molecule is CC(=O)N1N=C(c2cccc([N+](=O)[O-])c2)O[C@@]1(C)c1ccc(F)cc1. The van der Waals surface area contributed by atoms with Gasteiger partial charge in [-0.25, -0.2) is 4.39 Å². The van der Waals surface area contributed by atoms with Gasteiger partial charge in [0.25, 0.3) is 5.69 Å². The summed E-state index contributed by atoms with van der Waals surface area (Å²) in [6, 6.07) is 11.3. The zero-order valence-corrected chi connectivity index (χ0v) is 13.5. The Morgan fingerprint density at radius 2 is 1.96 bits per heavy atom. The van der Waals surface area contributed by atoms with Crippen molar-refractivity contribution in [1.29, 1.82) is 0 Å². The predicted molar refractivity (Wildman–Crippen MR) is 87.0 cm³/mol. The molecule has 0 saturated heterocycles. The van der Waals surface area contributed by atoms with Gasteiger partial charge in [0, 0.05) is 37.1 Å². The molecule has 8 heteroatoms. The largest absolute Gasteiger partial charge is 0.443 e. The molecule has 25 heavy (non-hydrogen) atoms. The summed E-state index contributed by atoms with van der Waals surface area (Å²) in [6.45, 7) is 2.94. The number of carbonyl (C=O) groups is 1. The fourth-order valence-corrected chi connectivity index (χ4v) is 2.62. The van der Waals surface area contributed by atoms with Crippen LogP contribution >= 0.6 is 0 Å². The van der Waals surface area contributed by atoms with Gasteiger partial charge >= 0.3 is 0 Å². The van der Waals surface area contributed by atoms with Crippen molar-refractivity contribution in [2.75, 3.05) is 0 Å². The van der Waals surface area contributed by atoms with E-state index in [1.165, 1.54) is 49.4 Å². The minimum absolute atomic E-state index is 0.0747. The summed E-state index contributed by atoms with van der Waals surface area (Å²) in [6.07, 6.45) is 0. The number of benzene rings is 2. The van der Waals surface area contributed by atoms with Crippen molar-refractivity contribution < 1.29 is 18.8 Å². The third-order valence-electron chi connectivity index (χ3n) is 3.87. The first kappa shape index (κ1) is 16.6. The number of rotatable bonds is 3. The minimum Gasteiger partial charge on any atom is -0.443 e. The molecule has 1 atom stereocenters. The van der Waals surface area contributed by atoms with E-state index in [0.717, 1.165) is 5.01 Å². The molecule has 0 radical (unpaired) electrons. The van der Waals surface area contributed by atoms with Gasteiger partial charge in [0.2, 0.25) is 17.5 Å². The number of ether oxygens (including phenoxy) is 1. The van der Waals surface area contributed by atoms with E-state index in [1.54, 1.807) is 13.0 Å². The number of nitrogens with zero attached hydrogens (tertiary/aromatic N) is 3. The second-order valence-corrected chi connectivity index (χ2v) is 5.64. The van der Waals surface area contributed by atoms with Crippen LogP contribution in [0.15, 0.2) is 53.6 Å². The van der Waals surface area contributed by atoms with Crippen molar-refractivity contribution in [3.63, 3.8) is 0 Å². The molecule has 1 aliphatic rings. The molecule has 128 valence electrons. The summed E-state index contributed by atoms with van der Waals surface area (Å²) < 4.78 is 19.1. The smallest absolute Gasteiger partial charge is 0.270 e. The summed E-state index contributed by atoms with van der Waals surface area (Å²) in [4.78, 5) is 22.4. The van der Waals surface area contributed by atoms with Crippen LogP contribution < -0.4 is 0 Å². The number of hydrogen-bond donors (Lipinski definition) is 0. The fraction of sp³-hybridized carbons (Fsp3) is 0.176. The molecule has 1 heterocycles. The summed E-state index contributed by atoms with van der Waals surface area (Å²) in [5.74, 6) is -0.725. The molecule has 1 amide bonds. The van der Waals surface area contributed by atoms with Gasteiger partial charge in [-0.2, -0.15) is 5.01 Å². The molecule has 3 rings (SSSR count). The number of carbonyl (C=O) groups excluding carboxylic acids is 1. The quantitative estimate of drug-likeness (QED) is 0.633. The van der Waals surface area contributed by atoms with Crippen LogP contribution in [0.5, 0.6) is 0 Å². The van der Waals surface area contributed by atoms with Crippen LogP contribution in [0.3, 0.4) is 0 Å². The first-order valence-electron chi connectivity index (χ1n) is 7.40. The molecule has 0 fully saturated rings. The molecule has 0 saturated carbocycles. The molecule has 0 unspecified atom stereocenters. The molecular formula is C17H14FN3O4. The molecule has 0 N–H and O–H groups in total. The van der Waals surface area contributed by atoms with Gasteiger partial charge in [-0.15, -0.1) is 5.10 Å². The van der Waals surface area contributed by atoms with Crippen LogP contribution in [-0.4, -0.2) is 21.7 Å². The maximum Gasteiger partial charge on any atom is 0.270 e. The maximum absolute atomic E-state index is 13.2. The molecule has 2 aromatic carbocycles. The second-order valence-electron chi connectivity index (χ2n) is 5.64. The summed E-state index contributed by atoms with van der Waals surface area (Å²) in [5.41, 5.74) is -0.507. The first-order chi connectivity index (χ1) is 11.8. The van der Waals surface area contributed by atoms with Gasteiger partial charge in [0.05, 0.1) is 4.92 Å². The number of hydrazone groups is 1. The highest BCUT2D eigenvalue weighted by atomic mass is 19.1. The highest BCUT2D eigenvalue weighted by Gasteiger charge is 2.45. The number of nitro benzene ring substituents is 1. The van der Waals surface area contributed by atoms with E-state index in [9.17, 15) is 19.3 Å². The highest BCUT2D eigenvalue weighted by molar-refractivity contribution is 5.97. The Morgan fingerprint density at radius 3 is 2.56 bits per heavy atom. The summed E-state index contributed by atoms with van der Waals surface area (Å²) in [7, 11) is 0. The molecule has 1 aliphatic heterocycles. The van der Waals surface area contributed by atoms with Gasteiger partial charge < -0.3 is 4.74 Å². The lowest BCUT2D eigenvalue weighted by molar-refractivity contribution is -0.384. The lowest BCUT2D eigenvalue weighted by Gasteiger charge is -2.31. The van der Waals surface area contributed by atoms with Crippen molar-refractivity contribution in [3.8, 4) is 0 Å². The van der Waals surface area contributed by atoms with Crippen molar-refractivity contribution >= 4 is 17.5 Å². The fourth-order valence-electron chi connectivity index (χ4n) is 2.62. The van der Waals surface area contributed by atoms with E-state index in [2.05, 4.69) is 5.10 Å². The van der Waals surface area contributed by atoms with Gasteiger partial charge in [-0.3, -0.25) is 14.9 Å². The van der Waals surface area contributed by atoms with E-state index in [0.29, 0.717) is 11.1 Å². The molecular weight excluding hydrogens is 329 g/mol. The predicted octanol–water partition coefficient (Wildman–Crippen LogP) is 3.15. The first-order valence-corrected chi connectivity index (χ1v) is 7.40. The number of non-ortho nitro benzene ring substituents is 1. The molecule has 2 aromatic rings. The highest BCUT2D eigenvalue weighted by Crippen LogP contribution is 2.36. The van der Waals surface area contributed by atoms with E-state index in [4.69, 9.17) is 4.74 Å². The topological polar surface area (TPSA) is 85.0 Å². The third kappa shape index (κ3) is 2.93. The standard InChI is InChI=1S/C17H14FN3O4/c1-11(22)20-17(2,13-6-8-14(18)9-7-13)25-16(19-20)12-4-3-5-15(10-12)21(23)24/h3-10H,1-2H3/t17-/m0/s1. The zero-order chi connectivity index (χ0) is 18.2. The Hall–Kier alpha value is -3.29. The van der Waals surface area contributed by atoms with Crippen molar-refractivity contribution in [3.05, 3.63) is 75.6 Å². The Bertz CT molecular complexity index is 882. The number of halogens is 1. The monoisotopic (exact) mass is 343 g/mol. The normalized spacial score (nSPS) is 19.3. The second kappa shape index (κ2) is 5.97. The van der Waals surface area contributed by atoms with Gasteiger partial charge in [-0.05, 0) is 18.2 Å². The Labute approximate surface area is 142 Å². The van der Waals surface area contributed by atoms with E-state index in [-0.39, 0.29) is 17.5 Å². The molecule has 0 bridgehead atoms. The molecule has 0 aliphatic carbocycles. The number of hydrogen-bond acceptors (Lipinski definition) is 5. The lowest BCUT2D eigenvalue weighted by atomic mass is 10.0. The zero-order valence-electron chi connectivity index (χ0n) is 13.5. The van der Waals surface area contributed by atoms with Crippen LogP contribution in [0, 0.1) is 15.9 Å². The number of amides is 1. The summed E-state index contributed by atoms with van der Waals surface area (Å²) >= 11 is 0. The average molecular weight is 343 g/mol. The lowest BCUT2D eigenvalue weighted by Crippen LogP contribution is -2.41. The van der Waals surface area contributed by atoms with Crippen molar-refractivity contribution in [2.45, 2.75) is 19.6 Å². The maximum atomic E-state index is 13.2. The van der Waals surface area contributed by atoms with E-state index in [1.807, 2.05) is 0 Å². The van der Waals surface area contributed by atoms with Crippen molar-refractivity contribution in [1.82, 2.24) is 5.01 Å². The third-order valence-corrected chi connectivity index (χ3v) is 3.87. The van der Waals surface area contributed by atoms with Crippen LogP contribution in [0.25, 0.3) is 0 Å². The van der Waals surface area contributed by atoms with Gasteiger partial charge in [-0.1, -0.05) is 18.2 Å². The van der Waals surface area contributed by atoms with Gasteiger partial charge in [0.1, 0.15) is 5.82 Å². The molecule has 0 spiro atoms. The molecule has 0 aromatic heterocycles. The Balaban J connectivity index is 2.03. The Kier molecular flexibility index (Phi) is 3.96. The summed E-state index contributed by atoms with van der Waals surface area (Å²) in [5, 5.41) is 16.3. The van der Waals surface area contributed by atoms with E-state index >= 15 is 0 Å². The van der Waals surface area contributed by atoms with Crippen LogP contribution in [0.2, 0.25) is 0 Å². The van der Waals surface area contributed by atoms with Crippen LogP contribution in [0.4, 0.5) is 10.1 Å². The van der Waals surface area contributed by atoms with Crippen molar-refractivity contribution in [2.24, 2.45) is 5.10 Å². The van der Waals surface area contributed by atoms with Crippen LogP contribution in [-0.2, 0) is 15.3 Å². The van der Waals surface area contributed by atoms with Crippen LogP contribution in [0.1, 0.15) is 25.0 Å². The average Bonchev–Trinajstić information content (AvgIpc) is 2.95. The molecule has 7 nitrogen and oxygen atoms in total. The van der Waals surface area contributed by atoms with E-state index < -0.39 is 16.5 Å². The minimum atomic E-state index is -1.28. The number of nitro groups is 1. The van der Waals surface area contributed by atoms with Gasteiger partial charge in [0.15, 0.2) is 0 Å².